The molecule has 1 unspecified atom stereocenters. The number of hydrogen-bond acceptors (Lipinski definition) is 1. The first kappa shape index (κ1) is 13.6. The summed E-state index contributed by atoms with van der Waals surface area (Å²) in [4.78, 5) is 1.37. The lowest BCUT2D eigenvalue weighted by Crippen LogP contribution is -1.99. The minimum atomic E-state index is -0.136. The van der Waals surface area contributed by atoms with E-state index in [1.165, 1.54) is 16.5 Å². The molecule has 2 rings (SSSR count). The summed E-state index contributed by atoms with van der Waals surface area (Å²) in [5.41, 5.74) is 1.96. The molecule has 0 amide bonds. The minimum absolute atomic E-state index is 0.136. The van der Waals surface area contributed by atoms with E-state index in [2.05, 4.69) is 34.3 Å². The zero-order valence-electron chi connectivity index (χ0n) is 10.1. The molecule has 0 aromatic heterocycles. The average Bonchev–Trinajstić information content (AvgIpc) is 2.41. The zero-order chi connectivity index (χ0) is 13.0. The normalized spacial score (nSPS) is 12.4. The topological polar surface area (TPSA) is 0 Å². The van der Waals surface area contributed by atoms with Crippen LogP contribution in [-0.4, -0.2) is 6.26 Å². The van der Waals surface area contributed by atoms with Crippen LogP contribution in [0.5, 0.6) is 0 Å². The average molecular weight is 325 g/mol. The summed E-state index contributed by atoms with van der Waals surface area (Å²) in [6.07, 6.45) is 2.71. The Balaban J connectivity index is 2.22. The molecule has 0 heterocycles. The van der Waals surface area contributed by atoms with Gasteiger partial charge in [-0.2, -0.15) is 0 Å². The third kappa shape index (κ3) is 3.15. The highest BCUT2D eigenvalue weighted by Gasteiger charge is 2.14. The predicted octanol–water partition coefficient (Wildman–Crippen LogP) is 5.23. The molecule has 2 aromatic rings. The van der Waals surface area contributed by atoms with Crippen molar-refractivity contribution in [3.05, 3.63) is 65.5 Å². The second kappa shape index (κ2) is 6.39. The number of alkyl halides is 1. The molecule has 0 radical (unpaired) electrons. The molecule has 0 spiro atoms. The van der Waals surface area contributed by atoms with E-state index in [-0.39, 0.29) is 10.6 Å². The fraction of sp³-hybridized carbons (Fsp3) is 0.200. The molecule has 0 bridgehead atoms. The Kier molecular flexibility index (Phi) is 4.84. The first-order valence-corrected chi connectivity index (χ1v) is 7.87. The lowest BCUT2D eigenvalue weighted by Gasteiger charge is -2.14. The Morgan fingerprint density at radius 1 is 1.11 bits per heavy atom. The van der Waals surface area contributed by atoms with E-state index in [0.29, 0.717) is 6.42 Å². The van der Waals surface area contributed by atoms with Crippen molar-refractivity contribution in [2.24, 2.45) is 0 Å². The smallest absolute Gasteiger partial charge is 0.126 e. The molecule has 0 saturated carbocycles. The van der Waals surface area contributed by atoms with E-state index in [0.717, 1.165) is 5.56 Å². The zero-order valence-corrected chi connectivity index (χ0v) is 12.5. The Morgan fingerprint density at radius 3 is 2.50 bits per heavy atom. The standard InChI is InChI=1S/C15H14BrFS/c1-18-15-9-5-3-7-12(15)13(16)10-11-6-2-4-8-14(11)17/h2-9,13H,10H2,1H3. The van der Waals surface area contributed by atoms with Crippen molar-refractivity contribution in [1.82, 2.24) is 0 Å². The molecule has 94 valence electrons. The first-order valence-electron chi connectivity index (χ1n) is 5.72. The van der Waals surface area contributed by atoms with Crippen LogP contribution in [0.3, 0.4) is 0 Å². The summed E-state index contributed by atoms with van der Waals surface area (Å²) in [5, 5.41) is 0. The summed E-state index contributed by atoms with van der Waals surface area (Å²) in [6.45, 7) is 0. The van der Waals surface area contributed by atoms with E-state index in [4.69, 9.17) is 0 Å². The maximum atomic E-state index is 13.6. The van der Waals surface area contributed by atoms with Crippen molar-refractivity contribution < 1.29 is 4.39 Å². The van der Waals surface area contributed by atoms with Crippen LogP contribution in [0.4, 0.5) is 4.39 Å². The third-order valence-electron chi connectivity index (χ3n) is 2.83. The summed E-state index contributed by atoms with van der Waals surface area (Å²) in [6, 6.07) is 15.2. The van der Waals surface area contributed by atoms with Crippen LogP contribution < -0.4 is 0 Å². The van der Waals surface area contributed by atoms with Crippen LogP contribution in [0.2, 0.25) is 0 Å². The summed E-state index contributed by atoms with van der Waals surface area (Å²) in [7, 11) is 0. The van der Waals surface area contributed by atoms with Gasteiger partial charge in [0, 0.05) is 9.72 Å². The SMILES string of the molecule is CSc1ccccc1C(Br)Cc1ccccc1F. The van der Waals surface area contributed by atoms with Crippen molar-refractivity contribution in [3.63, 3.8) is 0 Å². The van der Waals surface area contributed by atoms with E-state index in [1.807, 2.05) is 24.3 Å². The lowest BCUT2D eigenvalue weighted by atomic mass is 10.0. The first-order chi connectivity index (χ1) is 8.72. The molecule has 1 atom stereocenters. The molecular weight excluding hydrogens is 311 g/mol. The van der Waals surface area contributed by atoms with Gasteiger partial charge < -0.3 is 0 Å². The van der Waals surface area contributed by atoms with Crippen LogP contribution >= 0.6 is 27.7 Å². The Morgan fingerprint density at radius 2 is 1.78 bits per heavy atom. The summed E-state index contributed by atoms with van der Waals surface area (Å²) < 4.78 is 13.6. The van der Waals surface area contributed by atoms with Gasteiger partial charge in [0.15, 0.2) is 0 Å². The summed E-state index contributed by atoms with van der Waals surface area (Å²) in [5.74, 6) is -0.136. The molecule has 0 aliphatic carbocycles. The van der Waals surface area contributed by atoms with E-state index in [1.54, 1.807) is 17.8 Å². The van der Waals surface area contributed by atoms with Crippen molar-refractivity contribution in [1.29, 1.82) is 0 Å². The van der Waals surface area contributed by atoms with Crippen LogP contribution in [0.15, 0.2) is 53.4 Å². The molecule has 0 aliphatic heterocycles. The van der Waals surface area contributed by atoms with Crippen LogP contribution in [0, 0.1) is 5.82 Å². The van der Waals surface area contributed by atoms with Crippen LogP contribution in [0.25, 0.3) is 0 Å². The van der Waals surface area contributed by atoms with Gasteiger partial charge in [-0.3, -0.25) is 0 Å². The maximum absolute atomic E-state index is 13.6. The van der Waals surface area contributed by atoms with Gasteiger partial charge in [0.25, 0.3) is 0 Å². The predicted molar refractivity (Wildman–Crippen MR) is 80.0 cm³/mol. The second-order valence-corrected chi connectivity index (χ2v) is 5.96. The van der Waals surface area contributed by atoms with Crippen molar-refractivity contribution in [2.75, 3.05) is 6.26 Å². The quantitative estimate of drug-likeness (QED) is 0.548. The maximum Gasteiger partial charge on any atom is 0.126 e. The molecule has 18 heavy (non-hydrogen) atoms. The molecular formula is C15H14BrFS. The van der Waals surface area contributed by atoms with Gasteiger partial charge in [0.05, 0.1) is 0 Å². The number of thioether (sulfide) groups is 1. The highest BCUT2D eigenvalue weighted by molar-refractivity contribution is 9.09. The molecule has 0 aliphatic rings. The van der Waals surface area contributed by atoms with Gasteiger partial charge in [-0.05, 0) is 35.9 Å². The van der Waals surface area contributed by atoms with E-state index >= 15 is 0 Å². The van der Waals surface area contributed by atoms with Crippen molar-refractivity contribution in [3.8, 4) is 0 Å². The molecule has 0 fully saturated rings. The van der Waals surface area contributed by atoms with Gasteiger partial charge in [-0.15, -0.1) is 11.8 Å². The Hall–Kier alpha value is -0.800. The molecule has 0 N–H and O–H groups in total. The number of rotatable bonds is 4. The van der Waals surface area contributed by atoms with Gasteiger partial charge in [-0.1, -0.05) is 52.3 Å². The fourth-order valence-corrected chi connectivity index (χ4v) is 3.45. The number of hydrogen-bond donors (Lipinski definition) is 0. The minimum Gasteiger partial charge on any atom is -0.207 e. The van der Waals surface area contributed by atoms with Gasteiger partial charge in [-0.25, -0.2) is 4.39 Å². The third-order valence-corrected chi connectivity index (χ3v) is 4.46. The van der Waals surface area contributed by atoms with Crippen LogP contribution in [0.1, 0.15) is 16.0 Å². The fourth-order valence-electron chi connectivity index (χ4n) is 1.89. The molecule has 0 nitrogen and oxygen atoms in total. The molecule has 3 heteroatoms. The lowest BCUT2D eigenvalue weighted by molar-refractivity contribution is 0.608. The Bertz CT molecular complexity index is 527. The van der Waals surface area contributed by atoms with Crippen molar-refractivity contribution >= 4 is 27.7 Å². The van der Waals surface area contributed by atoms with Crippen LogP contribution in [-0.2, 0) is 6.42 Å². The van der Waals surface area contributed by atoms with Gasteiger partial charge in [0.1, 0.15) is 5.82 Å². The van der Waals surface area contributed by atoms with E-state index in [9.17, 15) is 4.39 Å². The van der Waals surface area contributed by atoms with Gasteiger partial charge >= 0.3 is 0 Å². The monoisotopic (exact) mass is 324 g/mol. The molecule has 2 aromatic carbocycles. The van der Waals surface area contributed by atoms with Gasteiger partial charge in [0.2, 0.25) is 0 Å². The largest absolute Gasteiger partial charge is 0.207 e. The second-order valence-electron chi connectivity index (χ2n) is 4.01. The molecule has 0 saturated heterocycles. The Labute approximate surface area is 120 Å². The van der Waals surface area contributed by atoms with E-state index < -0.39 is 0 Å². The summed E-state index contributed by atoms with van der Waals surface area (Å²) >= 11 is 5.38. The number of halogens is 2. The number of benzene rings is 2. The highest BCUT2D eigenvalue weighted by atomic mass is 79.9. The van der Waals surface area contributed by atoms with Crippen molar-refractivity contribution in [2.45, 2.75) is 16.1 Å². The highest BCUT2D eigenvalue weighted by Crippen LogP contribution is 2.33.